The van der Waals surface area contributed by atoms with Crippen LogP contribution in [-0.2, 0) is 0 Å². The second-order valence-corrected chi connectivity index (χ2v) is 1.82. The molecule has 0 aliphatic heterocycles. The van der Waals surface area contributed by atoms with Gasteiger partial charge in [0, 0.05) is 12.6 Å². The number of aliphatic hydroxyl groups is 1. The molecule has 0 aliphatic rings. The van der Waals surface area contributed by atoms with Crippen LogP contribution in [0.25, 0.3) is 0 Å². The zero-order valence-corrected chi connectivity index (χ0v) is 5.22. The Labute approximate surface area is 51.7 Å². The highest BCUT2D eigenvalue weighted by Gasteiger charge is 1.94. The van der Waals surface area contributed by atoms with Crippen LogP contribution in [-0.4, -0.2) is 32.0 Å². The van der Waals surface area contributed by atoms with Gasteiger partial charge in [0.2, 0.25) is 0 Å². The van der Waals surface area contributed by atoms with E-state index in [2.05, 4.69) is 5.32 Å². The molecule has 0 spiro atoms. The molecule has 0 bridgehead atoms. The lowest BCUT2D eigenvalue weighted by atomic mass is 10.1. The molecule has 2 radical (unpaired) electrons. The molecular formula is C5H12BNO. The van der Waals surface area contributed by atoms with Gasteiger partial charge in [0.15, 0.2) is 0 Å². The molecular weight excluding hydrogens is 101 g/mol. The minimum Gasteiger partial charge on any atom is -0.396 e. The highest BCUT2D eigenvalue weighted by Crippen LogP contribution is 1.85. The number of hydrogen-bond donors (Lipinski definition) is 2. The molecule has 0 saturated heterocycles. The van der Waals surface area contributed by atoms with E-state index in [-0.39, 0.29) is 6.61 Å². The van der Waals surface area contributed by atoms with E-state index >= 15 is 0 Å². The van der Waals surface area contributed by atoms with Crippen molar-refractivity contribution in [1.29, 1.82) is 0 Å². The predicted molar refractivity (Wildman–Crippen MR) is 34.9 cm³/mol. The lowest BCUT2D eigenvalue weighted by molar-refractivity contribution is 0.271. The van der Waals surface area contributed by atoms with E-state index in [1.807, 2.05) is 6.92 Å². The highest BCUT2D eigenvalue weighted by molar-refractivity contribution is 6.08. The molecule has 1 unspecified atom stereocenters. The van der Waals surface area contributed by atoms with E-state index in [1.165, 1.54) is 0 Å². The van der Waals surface area contributed by atoms with Crippen molar-refractivity contribution in [2.24, 2.45) is 0 Å². The molecule has 1 atom stereocenters. The fourth-order valence-electron chi connectivity index (χ4n) is 0.497. The monoisotopic (exact) mass is 113 g/mol. The minimum atomic E-state index is 0.230. The number of nitrogens with one attached hydrogen (secondary N) is 1. The van der Waals surface area contributed by atoms with Crippen LogP contribution in [0.2, 0.25) is 0 Å². The van der Waals surface area contributed by atoms with Crippen LogP contribution in [0.1, 0.15) is 13.3 Å². The first kappa shape index (κ1) is 7.98. The van der Waals surface area contributed by atoms with E-state index in [9.17, 15) is 0 Å². The van der Waals surface area contributed by atoms with Crippen LogP contribution >= 0.6 is 0 Å². The molecule has 2 nitrogen and oxygen atoms in total. The first-order valence-corrected chi connectivity index (χ1v) is 2.85. The number of aliphatic hydroxyl groups excluding tert-OH is 1. The zero-order valence-electron chi connectivity index (χ0n) is 5.22. The lowest BCUT2D eigenvalue weighted by Gasteiger charge is -2.08. The Hall–Kier alpha value is -0.0151. The molecule has 0 rings (SSSR count). The van der Waals surface area contributed by atoms with Crippen molar-refractivity contribution in [3.8, 4) is 0 Å². The molecule has 8 heavy (non-hydrogen) atoms. The molecule has 0 aliphatic carbocycles. The summed E-state index contributed by atoms with van der Waals surface area (Å²) in [6, 6.07) is 0.338. The molecule has 0 aromatic carbocycles. The molecule has 46 valence electrons. The maximum absolute atomic E-state index is 8.38. The molecule has 0 heterocycles. The van der Waals surface area contributed by atoms with E-state index < -0.39 is 0 Å². The highest BCUT2D eigenvalue weighted by atomic mass is 16.3. The zero-order chi connectivity index (χ0) is 6.41. The summed E-state index contributed by atoms with van der Waals surface area (Å²) < 4.78 is 0. The van der Waals surface area contributed by atoms with Crippen molar-refractivity contribution in [3.05, 3.63) is 0 Å². The van der Waals surface area contributed by atoms with E-state index in [0.717, 1.165) is 6.42 Å². The summed E-state index contributed by atoms with van der Waals surface area (Å²) in [5, 5.41) is 11.3. The molecule has 2 N–H and O–H groups in total. The Balaban J connectivity index is 2.92. The van der Waals surface area contributed by atoms with Crippen LogP contribution in [0.15, 0.2) is 0 Å². The molecule has 0 aromatic heterocycles. The summed E-state index contributed by atoms with van der Waals surface area (Å²) in [4.78, 5) is 0. The SMILES string of the molecule is [B]CNC(C)CCO. The summed E-state index contributed by atoms with van der Waals surface area (Å²) in [6.45, 7) is 2.22. The average molecular weight is 113 g/mol. The summed E-state index contributed by atoms with van der Waals surface area (Å²) >= 11 is 0. The minimum absolute atomic E-state index is 0.230. The quantitative estimate of drug-likeness (QED) is 0.480. The second-order valence-electron chi connectivity index (χ2n) is 1.82. The van der Waals surface area contributed by atoms with Crippen molar-refractivity contribution in [3.63, 3.8) is 0 Å². The van der Waals surface area contributed by atoms with Gasteiger partial charge in [-0.15, -0.1) is 0 Å². The Morgan fingerprint density at radius 2 is 2.38 bits per heavy atom. The third-order valence-corrected chi connectivity index (χ3v) is 1.03. The van der Waals surface area contributed by atoms with Crippen LogP contribution in [0.3, 0.4) is 0 Å². The topological polar surface area (TPSA) is 32.3 Å². The van der Waals surface area contributed by atoms with Gasteiger partial charge in [0.25, 0.3) is 0 Å². The first-order valence-electron chi connectivity index (χ1n) is 2.85. The van der Waals surface area contributed by atoms with Crippen LogP contribution in [0.5, 0.6) is 0 Å². The van der Waals surface area contributed by atoms with Crippen LogP contribution in [0, 0.1) is 0 Å². The van der Waals surface area contributed by atoms with Gasteiger partial charge in [-0.25, -0.2) is 0 Å². The Morgan fingerprint density at radius 1 is 1.75 bits per heavy atom. The number of hydrogen-bond acceptors (Lipinski definition) is 2. The summed E-state index contributed by atoms with van der Waals surface area (Å²) in [6.07, 6.45) is 1.26. The summed E-state index contributed by atoms with van der Waals surface area (Å²) in [5.74, 6) is 0. The normalized spacial score (nSPS) is 13.8. The maximum atomic E-state index is 8.38. The smallest absolute Gasteiger partial charge is 0.0859 e. The third-order valence-electron chi connectivity index (χ3n) is 1.03. The van der Waals surface area contributed by atoms with Crippen molar-refractivity contribution < 1.29 is 5.11 Å². The first-order chi connectivity index (χ1) is 3.81. The fraction of sp³-hybridized carbons (Fsp3) is 1.00. The van der Waals surface area contributed by atoms with Gasteiger partial charge in [-0.1, -0.05) is 0 Å². The van der Waals surface area contributed by atoms with Gasteiger partial charge in [-0.2, -0.15) is 0 Å². The van der Waals surface area contributed by atoms with E-state index in [1.54, 1.807) is 0 Å². The standard InChI is InChI=1S/C5H12BNO/c1-5(2-3-8)7-4-6/h5,7-8H,2-4H2,1H3. The maximum Gasteiger partial charge on any atom is 0.0859 e. The van der Waals surface area contributed by atoms with Gasteiger partial charge in [-0.3, -0.25) is 0 Å². The van der Waals surface area contributed by atoms with E-state index in [4.69, 9.17) is 13.0 Å². The van der Waals surface area contributed by atoms with Crippen LogP contribution in [0.4, 0.5) is 0 Å². The van der Waals surface area contributed by atoms with Gasteiger partial charge in [-0.05, 0) is 19.8 Å². The van der Waals surface area contributed by atoms with Crippen molar-refractivity contribution in [2.75, 3.05) is 13.1 Å². The molecule has 3 heteroatoms. The molecule has 0 aromatic rings. The predicted octanol–water partition coefficient (Wildman–Crippen LogP) is -0.527. The molecule has 0 saturated carbocycles. The number of rotatable bonds is 4. The lowest BCUT2D eigenvalue weighted by Crippen LogP contribution is -2.27. The molecule has 0 amide bonds. The Bertz CT molecular complexity index is 45.7. The average Bonchev–Trinajstić information content (AvgIpc) is 1.68. The summed E-state index contributed by atoms with van der Waals surface area (Å²) in [5.41, 5.74) is 0. The van der Waals surface area contributed by atoms with Gasteiger partial charge >= 0.3 is 0 Å². The van der Waals surface area contributed by atoms with Crippen molar-refractivity contribution >= 4 is 7.85 Å². The fourth-order valence-corrected chi connectivity index (χ4v) is 0.497. The van der Waals surface area contributed by atoms with E-state index in [0.29, 0.717) is 12.5 Å². The third kappa shape index (κ3) is 4.15. The second kappa shape index (κ2) is 5.13. The van der Waals surface area contributed by atoms with Gasteiger partial charge in [0.1, 0.15) is 0 Å². The van der Waals surface area contributed by atoms with Crippen molar-refractivity contribution in [2.45, 2.75) is 19.4 Å². The van der Waals surface area contributed by atoms with Crippen molar-refractivity contribution in [1.82, 2.24) is 5.32 Å². The molecule has 0 fully saturated rings. The Kier molecular flexibility index (Phi) is 5.12. The summed E-state index contributed by atoms with van der Waals surface area (Å²) in [7, 11) is 5.17. The van der Waals surface area contributed by atoms with Gasteiger partial charge in [0.05, 0.1) is 7.85 Å². The van der Waals surface area contributed by atoms with Crippen LogP contribution < -0.4 is 5.32 Å². The largest absolute Gasteiger partial charge is 0.396 e. The Morgan fingerprint density at radius 3 is 2.75 bits per heavy atom. The van der Waals surface area contributed by atoms with Gasteiger partial charge < -0.3 is 10.4 Å².